The highest BCUT2D eigenvalue weighted by Crippen LogP contribution is 2.48. The van der Waals surface area contributed by atoms with Crippen molar-refractivity contribution in [3.8, 4) is 44.5 Å². The zero-order valence-corrected chi connectivity index (χ0v) is 27.5. The second-order valence-electron chi connectivity index (χ2n) is 13.2. The Kier molecular flexibility index (Phi) is 6.60. The number of hydrogen-bond acceptors (Lipinski definition) is 0. The SMILES string of the molecule is c1ccc(-c2ccc(-c3c4ccccc4c(-c4cc5ccccc5c5ccccc45)c4ccc(-c5cccc6ccccc56)cc34)cc2)cc1. The normalized spacial score (nSPS) is 11.6. The molecule has 0 aliphatic rings. The fourth-order valence-corrected chi connectivity index (χ4v) is 8.15. The van der Waals surface area contributed by atoms with Crippen molar-refractivity contribution in [3.05, 3.63) is 194 Å². The quantitative estimate of drug-likeness (QED) is 0.134. The molecule has 0 saturated heterocycles. The van der Waals surface area contributed by atoms with E-state index in [9.17, 15) is 0 Å². The summed E-state index contributed by atoms with van der Waals surface area (Å²) in [5, 5.41) is 12.7. The molecule has 0 heterocycles. The lowest BCUT2D eigenvalue weighted by Gasteiger charge is -2.20. The summed E-state index contributed by atoms with van der Waals surface area (Å²) in [6.07, 6.45) is 0. The van der Waals surface area contributed by atoms with E-state index in [1.165, 1.54) is 98.4 Å². The van der Waals surface area contributed by atoms with E-state index in [0.29, 0.717) is 0 Å². The molecule has 0 heteroatoms. The lowest BCUT2D eigenvalue weighted by atomic mass is 9.82. The highest BCUT2D eigenvalue weighted by Gasteiger charge is 2.20. The Morgan fingerprint density at radius 1 is 0.200 bits per heavy atom. The Hall–Kier alpha value is -6.50. The molecule has 50 heavy (non-hydrogen) atoms. The first kappa shape index (κ1) is 28.5. The van der Waals surface area contributed by atoms with Crippen molar-refractivity contribution >= 4 is 53.9 Å². The Labute approximate surface area is 291 Å². The molecule has 0 unspecified atom stereocenters. The van der Waals surface area contributed by atoms with Gasteiger partial charge in [0.25, 0.3) is 0 Å². The maximum Gasteiger partial charge on any atom is -0.00199 e. The average Bonchev–Trinajstić information content (AvgIpc) is 3.20. The average molecular weight is 633 g/mol. The summed E-state index contributed by atoms with van der Waals surface area (Å²) in [7, 11) is 0. The van der Waals surface area contributed by atoms with Gasteiger partial charge < -0.3 is 0 Å². The molecule has 0 radical (unpaired) electrons. The van der Waals surface area contributed by atoms with Crippen molar-refractivity contribution < 1.29 is 0 Å². The van der Waals surface area contributed by atoms with Gasteiger partial charge in [0, 0.05) is 0 Å². The fourth-order valence-electron chi connectivity index (χ4n) is 8.15. The highest BCUT2D eigenvalue weighted by atomic mass is 14.2. The molecule has 0 bridgehead atoms. The minimum absolute atomic E-state index is 1.22. The van der Waals surface area contributed by atoms with Crippen molar-refractivity contribution in [2.45, 2.75) is 0 Å². The third kappa shape index (κ3) is 4.54. The van der Waals surface area contributed by atoms with Crippen molar-refractivity contribution in [2.24, 2.45) is 0 Å². The second-order valence-corrected chi connectivity index (χ2v) is 13.2. The molecule has 0 amide bonds. The standard InChI is InChI=1S/C50H32/c1-2-13-33(14-3-1)34-25-27-36(28-26-34)49-44-22-10-11-23-45(44)50(47-31-37-16-5-7-19-41(37)42-20-8-9-21-43(42)47)46-30-29-38(32-48(46)49)40-24-12-17-35-15-4-6-18-39(35)40/h1-32H. The summed E-state index contributed by atoms with van der Waals surface area (Å²) < 4.78 is 0. The molecule has 10 rings (SSSR count). The van der Waals surface area contributed by atoms with E-state index < -0.39 is 0 Å². The Balaban J connectivity index is 1.33. The lowest BCUT2D eigenvalue weighted by molar-refractivity contribution is 1.61. The second kappa shape index (κ2) is 11.6. The Bertz CT molecular complexity index is 2890. The van der Waals surface area contributed by atoms with Gasteiger partial charge in [-0.2, -0.15) is 0 Å². The minimum atomic E-state index is 1.22. The van der Waals surface area contributed by atoms with Gasteiger partial charge in [-0.25, -0.2) is 0 Å². The van der Waals surface area contributed by atoms with E-state index >= 15 is 0 Å². The number of rotatable bonds is 4. The molecular formula is C50H32. The van der Waals surface area contributed by atoms with Crippen LogP contribution in [0.25, 0.3) is 98.4 Å². The van der Waals surface area contributed by atoms with Gasteiger partial charge in [-0.05, 0) is 111 Å². The number of fused-ring (bicyclic) bond motifs is 6. The van der Waals surface area contributed by atoms with Crippen molar-refractivity contribution in [1.29, 1.82) is 0 Å². The summed E-state index contributed by atoms with van der Waals surface area (Å²) in [5.74, 6) is 0. The van der Waals surface area contributed by atoms with Crippen LogP contribution >= 0.6 is 0 Å². The Morgan fingerprint density at radius 2 is 0.720 bits per heavy atom. The third-order valence-electron chi connectivity index (χ3n) is 10.4. The summed E-state index contributed by atoms with van der Waals surface area (Å²) in [5.41, 5.74) is 9.96. The van der Waals surface area contributed by atoms with Gasteiger partial charge in [-0.15, -0.1) is 0 Å². The molecule has 0 aliphatic carbocycles. The van der Waals surface area contributed by atoms with E-state index in [1.807, 2.05) is 0 Å². The maximum atomic E-state index is 2.44. The van der Waals surface area contributed by atoms with Gasteiger partial charge in [-0.3, -0.25) is 0 Å². The van der Waals surface area contributed by atoms with Gasteiger partial charge in [0.05, 0.1) is 0 Å². The molecule has 10 aromatic carbocycles. The van der Waals surface area contributed by atoms with E-state index in [4.69, 9.17) is 0 Å². The molecule has 0 N–H and O–H groups in total. The van der Waals surface area contributed by atoms with Crippen LogP contribution in [-0.4, -0.2) is 0 Å². The first-order valence-corrected chi connectivity index (χ1v) is 17.4. The predicted octanol–water partition coefficient (Wildman–Crippen LogP) is 14.1. The number of benzene rings is 10. The van der Waals surface area contributed by atoms with Crippen LogP contribution in [0.2, 0.25) is 0 Å². The summed E-state index contributed by atoms with van der Waals surface area (Å²) in [6, 6.07) is 71.4. The van der Waals surface area contributed by atoms with E-state index in [1.54, 1.807) is 0 Å². The Morgan fingerprint density at radius 3 is 1.50 bits per heavy atom. The van der Waals surface area contributed by atoms with E-state index in [-0.39, 0.29) is 0 Å². The molecule has 0 saturated carbocycles. The lowest BCUT2D eigenvalue weighted by Crippen LogP contribution is -1.93. The van der Waals surface area contributed by atoms with Gasteiger partial charge in [0.2, 0.25) is 0 Å². The first-order valence-electron chi connectivity index (χ1n) is 17.4. The third-order valence-corrected chi connectivity index (χ3v) is 10.4. The molecule has 0 aliphatic heterocycles. The van der Waals surface area contributed by atoms with Gasteiger partial charge in [-0.1, -0.05) is 182 Å². The maximum absolute atomic E-state index is 2.44. The van der Waals surface area contributed by atoms with Gasteiger partial charge in [0.1, 0.15) is 0 Å². The van der Waals surface area contributed by atoms with Gasteiger partial charge >= 0.3 is 0 Å². The highest BCUT2D eigenvalue weighted by molar-refractivity contribution is 6.26. The monoisotopic (exact) mass is 632 g/mol. The van der Waals surface area contributed by atoms with Crippen LogP contribution in [0, 0.1) is 0 Å². The zero-order valence-electron chi connectivity index (χ0n) is 27.5. The van der Waals surface area contributed by atoms with Crippen LogP contribution in [0.5, 0.6) is 0 Å². The topological polar surface area (TPSA) is 0 Å². The molecule has 232 valence electrons. The molecule has 10 aromatic rings. The molecule has 0 fully saturated rings. The van der Waals surface area contributed by atoms with Crippen molar-refractivity contribution in [2.75, 3.05) is 0 Å². The molecule has 0 nitrogen and oxygen atoms in total. The fraction of sp³-hybridized carbons (Fsp3) is 0. The largest absolute Gasteiger partial charge is 0.0622 e. The molecular weight excluding hydrogens is 601 g/mol. The molecule has 0 aromatic heterocycles. The summed E-state index contributed by atoms with van der Waals surface area (Å²) >= 11 is 0. The summed E-state index contributed by atoms with van der Waals surface area (Å²) in [6.45, 7) is 0. The van der Waals surface area contributed by atoms with Crippen LogP contribution in [-0.2, 0) is 0 Å². The van der Waals surface area contributed by atoms with Crippen LogP contribution < -0.4 is 0 Å². The van der Waals surface area contributed by atoms with E-state index in [2.05, 4.69) is 194 Å². The predicted molar refractivity (Wildman–Crippen MR) is 216 cm³/mol. The minimum Gasteiger partial charge on any atom is -0.0622 e. The van der Waals surface area contributed by atoms with Crippen LogP contribution in [0.3, 0.4) is 0 Å². The van der Waals surface area contributed by atoms with E-state index in [0.717, 1.165) is 0 Å². The van der Waals surface area contributed by atoms with Gasteiger partial charge in [0.15, 0.2) is 0 Å². The smallest absolute Gasteiger partial charge is 0.00199 e. The van der Waals surface area contributed by atoms with Crippen LogP contribution in [0.1, 0.15) is 0 Å². The zero-order chi connectivity index (χ0) is 33.0. The summed E-state index contributed by atoms with van der Waals surface area (Å²) in [4.78, 5) is 0. The van der Waals surface area contributed by atoms with Crippen molar-refractivity contribution in [3.63, 3.8) is 0 Å². The number of hydrogen-bond donors (Lipinski definition) is 0. The first-order chi connectivity index (χ1) is 24.8. The molecule has 0 atom stereocenters. The van der Waals surface area contributed by atoms with Crippen LogP contribution in [0.15, 0.2) is 194 Å². The molecule has 0 spiro atoms. The van der Waals surface area contributed by atoms with Crippen molar-refractivity contribution in [1.82, 2.24) is 0 Å². The van der Waals surface area contributed by atoms with Crippen LogP contribution in [0.4, 0.5) is 0 Å².